The Morgan fingerprint density at radius 1 is 1.46 bits per heavy atom. The summed E-state index contributed by atoms with van der Waals surface area (Å²) in [6, 6.07) is 2.07. The Morgan fingerprint density at radius 3 is 2.92 bits per heavy atom. The molecule has 0 amide bonds. The van der Waals surface area contributed by atoms with Crippen LogP contribution in [0.15, 0.2) is 18.5 Å². The molecule has 1 heterocycles. The minimum atomic E-state index is 0.630. The Morgan fingerprint density at radius 2 is 2.31 bits per heavy atom. The van der Waals surface area contributed by atoms with Gasteiger partial charge in [0.15, 0.2) is 0 Å². The molecule has 1 rings (SSSR count). The van der Waals surface area contributed by atoms with E-state index in [4.69, 9.17) is 10.5 Å². The molecule has 1 aromatic heterocycles. The van der Waals surface area contributed by atoms with E-state index in [1.54, 1.807) is 7.11 Å². The topological polar surface area (TPSA) is 40.2 Å². The zero-order valence-corrected chi connectivity index (χ0v) is 8.20. The number of methoxy groups -OCH3 is 1. The number of nitrogens with two attached hydrogens (primary N) is 1. The van der Waals surface area contributed by atoms with Crippen LogP contribution in [-0.4, -0.2) is 18.3 Å². The SMILES string of the molecule is COCCCCn1ccc(CN)c1. The van der Waals surface area contributed by atoms with E-state index in [0.717, 1.165) is 26.0 Å². The van der Waals surface area contributed by atoms with E-state index >= 15 is 0 Å². The van der Waals surface area contributed by atoms with Crippen LogP contribution in [0.1, 0.15) is 18.4 Å². The average Bonchev–Trinajstić information content (AvgIpc) is 2.60. The first-order valence-electron chi connectivity index (χ1n) is 4.70. The molecule has 0 aliphatic rings. The predicted molar refractivity (Wildman–Crippen MR) is 53.4 cm³/mol. The summed E-state index contributed by atoms with van der Waals surface area (Å²) in [6.07, 6.45) is 6.46. The molecule has 0 unspecified atom stereocenters. The largest absolute Gasteiger partial charge is 0.385 e. The molecule has 13 heavy (non-hydrogen) atoms. The van der Waals surface area contributed by atoms with Crippen LogP contribution in [0.5, 0.6) is 0 Å². The highest BCUT2D eigenvalue weighted by Gasteiger charge is 1.94. The van der Waals surface area contributed by atoms with Gasteiger partial charge >= 0.3 is 0 Å². The molecule has 0 atom stereocenters. The Bertz CT molecular complexity index is 233. The molecule has 1 aromatic rings. The number of nitrogens with zero attached hydrogens (tertiary/aromatic N) is 1. The van der Waals surface area contributed by atoms with E-state index < -0.39 is 0 Å². The van der Waals surface area contributed by atoms with Crippen molar-refractivity contribution in [1.29, 1.82) is 0 Å². The summed E-state index contributed by atoms with van der Waals surface area (Å²) in [6.45, 7) is 2.54. The molecule has 0 saturated carbocycles. The van der Waals surface area contributed by atoms with Gasteiger partial charge in [-0.25, -0.2) is 0 Å². The van der Waals surface area contributed by atoms with Gasteiger partial charge in [0.1, 0.15) is 0 Å². The highest BCUT2D eigenvalue weighted by Crippen LogP contribution is 2.02. The summed E-state index contributed by atoms with van der Waals surface area (Å²) in [5.74, 6) is 0. The summed E-state index contributed by atoms with van der Waals surface area (Å²) in [5, 5.41) is 0. The van der Waals surface area contributed by atoms with Crippen molar-refractivity contribution >= 4 is 0 Å². The highest BCUT2D eigenvalue weighted by atomic mass is 16.5. The van der Waals surface area contributed by atoms with E-state index in [1.807, 2.05) is 0 Å². The third-order valence-corrected chi connectivity index (χ3v) is 2.06. The van der Waals surface area contributed by atoms with Crippen LogP contribution in [0.2, 0.25) is 0 Å². The van der Waals surface area contributed by atoms with Crippen LogP contribution in [0.25, 0.3) is 0 Å². The molecular formula is C10H18N2O. The normalized spacial score (nSPS) is 10.6. The monoisotopic (exact) mass is 182 g/mol. The fourth-order valence-electron chi connectivity index (χ4n) is 1.29. The number of aromatic nitrogens is 1. The molecule has 0 aliphatic carbocycles. The molecule has 3 nitrogen and oxygen atoms in total. The average molecular weight is 182 g/mol. The van der Waals surface area contributed by atoms with Crippen molar-refractivity contribution < 1.29 is 4.74 Å². The van der Waals surface area contributed by atoms with Crippen molar-refractivity contribution in [2.75, 3.05) is 13.7 Å². The second kappa shape index (κ2) is 5.78. The van der Waals surface area contributed by atoms with Crippen LogP contribution in [0, 0.1) is 0 Å². The number of hydrogen-bond acceptors (Lipinski definition) is 2. The van der Waals surface area contributed by atoms with Crippen LogP contribution >= 0.6 is 0 Å². The molecule has 74 valence electrons. The number of hydrogen-bond donors (Lipinski definition) is 1. The summed E-state index contributed by atoms with van der Waals surface area (Å²) < 4.78 is 7.16. The van der Waals surface area contributed by atoms with Gasteiger partial charge in [0.25, 0.3) is 0 Å². The minimum absolute atomic E-state index is 0.630. The summed E-state index contributed by atoms with van der Waals surface area (Å²) >= 11 is 0. The van der Waals surface area contributed by atoms with Crippen molar-refractivity contribution in [3.63, 3.8) is 0 Å². The second-order valence-corrected chi connectivity index (χ2v) is 3.16. The van der Waals surface area contributed by atoms with Gasteiger partial charge < -0.3 is 15.0 Å². The number of rotatable bonds is 6. The third kappa shape index (κ3) is 3.61. The fraction of sp³-hybridized carbons (Fsp3) is 0.600. The summed E-state index contributed by atoms with van der Waals surface area (Å²) in [5.41, 5.74) is 6.71. The first kappa shape index (κ1) is 10.3. The number of unbranched alkanes of at least 4 members (excludes halogenated alkanes) is 1. The van der Waals surface area contributed by atoms with Gasteiger partial charge in [-0.05, 0) is 24.5 Å². The Labute approximate surface area is 79.5 Å². The zero-order valence-electron chi connectivity index (χ0n) is 8.20. The maximum atomic E-state index is 5.51. The number of ether oxygens (including phenoxy) is 1. The molecule has 0 saturated heterocycles. The van der Waals surface area contributed by atoms with E-state index in [2.05, 4.69) is 23.0 Å². The highest BCUT2D eigenvalue weighted by molar-refractivity contribution is 5.09. The third-order valence-electron chi connectivity index (χ3n) is 2.06. The Hall–Kier alpha value is -0.800. The van der Waals surface area contributed by atoms with Gasteiger partial charge in [0, 0.05) is 39.2 Å². The smallest absolute Gasteiger partial charge is 0.0462 e. The maximum absolute atomic E-state index is 5.51. The van der Waals surface area contributed by atoms with E-state index in [1.165, 1.54) is 5.56 Å². The van der Waals surface area contributed by atoms with Crippen LogP contribution in [-0.2, 0) is 17.8 Å². The molecule has 2 N–H and O–H groups in total. The van der Waals surface area contributed by atoms with Crippen molar-refractivity contribution in [2.45, 2.75) is 25.9 Å². The van der Waals surface area contributed by atoms with E-state index in [9.17, 15) is 0 Å². The molecule has 0 bridgehead atoms. The molecule has 3 heteroatoms. The van der Waals surface area contributed by atoms with E-state index in [0.29, 0.717) is 6.54 Å². The van der Waals surface area contributed by atoms with Gasteiger partial charge in [-0.3, -0.25) is 0 Å². The molecule has 0 aromatic carbocycles. The lowest BCUT2D eigenvalue weighted by molar-refractivity contribution is 0.191. The van der Waals surface area contributed by atoms with Crippen LogP contribution < -0.4 is 5.73 Å². The van der Waals surface area contributed by atoms with Crippen LogP contribution in [0.4, 0.5) is 0 Å². The molecule has 0 fully saturated rings. The Kier molecular flexibility index (Phi) is 4.57. The van der Waals surface area contributed by atoms with Crippen molar-refractivity contribution in [2.24, 2.45) is 5.73 Å². The van der Waals surface area contributed by atoms with Crippen molar-refractivity contribution in [3.8, 4) is 0 Å². The lowest BCUT2D eigenvalue weighted by atomic mass is 10.3. The van der Waals surface area contributed by atoms with Crippen molar-refractivity contribution in [3.05, 3.63) is 24.0 Å². The number of aryl methyl sites for hydroxylation is 1. The molecule has 0 spiro atoms. The van der Waals surface area contributed by atoms with Gasteiger partial charge in [-0.15, -0.1) is 0 Å². The molecule has 0 aliphatic heterocycles. The molecule has 0 radical (unpaired) electrons. The lowest BCUT2D eigenvalue weighted by Gasteiger charge is -2.01. The first-order valence-corrected chi connectivity index (χ1v) is 4.70. The van der Waals surface area contributed by atoms with Crippen molar-refractivity contribution in [1.82, 2.24) is 4.57 Å². The minimum Gasteiger partial charge on any atom is -0.385 e. The predicted octanol–water partition coefficient (Wildman–Crippen LogP) is 1.37. The summed E-state index contributed by atoms with van der Waals surface area (Å²) in [7, 11) is 1.74. The first-order chi connectivity index (χ1) is 6.36. The lowest BCUT2D eigenvalue weighted by Crippen LogP contribution is -1.98. The van der Waals surface area contributed by atoms with Gasteiger partial charge in [0.05, 0.1) is 0 Å². The Balaban J connectivity index is 2.20. The fourth-order valence-corrected chi connectivity index (χ4v) is 1.29. The van der Waals surface area contributed by atoms with Gasteiger partial charge in [0.2, 0.25) is 0 Å². The zero-order chi connectivity index (χ0) is 9.52. The second-order valence-electron chi connectivity index (χ2n) is 3.16. The maximum Gasteiger partial charge on any atom is 0.0462 e. The molecular weight excluding hydrogens is 164 g/mol. The standard InChI is InChI=1S/C10H18N2O/c1-13-7-3-2-5-12-6-4-10(8-11)9-12/h4,6,9H,2-3,5,7-8,11H2,1H3. The van der Waals surface area contributed by atoms with Gasteiger partial charge in [-0.1, -0.05) is 0 Å². The summed E-state index contributed by atoms with van der Waals surface area (Å²) in [4.78, 5) is 0. The van der Waals surface area contributed by atoms with Gasteiger partial charge in [-0.2, -0.15) is 0 Å². The quantitative estimate of drug-likeness (QED) is 0.675. The van der Waals surface area contributed by atoms with Crippen LogP contribution in [0.3, 0.4) is 0 Å². The van der Waals surface area contributed by atoms with E-state index in [-0.39, 0.29) is 0 Å².